The number of hydrogen-bond donors (Lipinski definition) is 2. The van der Waals surface area contributed by atoms with Gasteiger partial charge in [0, 0.05) is 28.5 Å². The average molecular weight is 421 g/mol. The molecule has 2 N–H and O–H groups in total. The molecule has 1 amide bonds. The van der Waals surface area contributed by atoms with Crippen molar-refractivity contribution in [3.63, 3.8) is 0 Å². The second-order valence-electron chi connectivity index (χ2n) is 5.86. The van der Waals surface area contributed by atoms with Crippen molar-refractivity contribution in [2.45, 2.75) is 25.2 Å². The smallest absolute Gasteiger partial charge is 0.224 e. The fourth-order valence-corrected chi connectivity index (χ4v) is 3.23. The third kappa shape index (κ3) is 5.44. The lowest BCUT2D eigenvalue weighted by molar-refractivity contribution is -0.119. The zero-order valence-electron chi connectivity index (χ0n) is 14.6. The molecule has 0 saturated heterocycles. The Hall–Kier alpha value is -2.63. The van der Waals surface area contributed by atoms with Crippen LogP contribution in [0.3, 0.4) is 0 Å². The van der Waals surface area contributed by atoms with E-state index in [4.69, 9.17) is 28.4 Å². The molecular formula is C19H16Cl2N3O4-. The predicted octanol–water partition coefficient (Wildman–Crippen LogP) is 4.67. The Morgan fingerprint density at radius 2 is 1.79 bits per heavy atom. The average Bonchev–Trinajstić information content (AvgIpc) is 2.65. The van der Waals surface area contributed by atoms with Crippen LogP contribution in [0.4, 0.5) is 11.4 Å². The summed E-state index contributed by atoms with van der Waals surface area (Å²) in [6.45, 7) is 0. The Morgan fingerprint density at radius 3 is 2.39 bits per heavy atom. The summed E-state index contributed by atoms with van der Waals surface area (Å²) in [6.07, 6.45) is 0.147. The van der Waals surface area contributed by atoms with Gasteiger partial charge in [0.1, 0.15) is 5.92 Å². The second kappa shape index (κ2) is 10.1. The summed E-state index contributed by atoms with van der Waals surface area (Å²) in [4.78, 5) is 24.5. The molecule has 0 spiro atoms. The number of carbonyl (C=O) groups excluding carboxylic acids is 2. The van der Waals surface area contributed by atoms with Crippen LogP contribution >= 0.6 is 23.2 Å². The molecule has 9 heteroatoms. The minimum atomic E-state index is -1.12. The van der Waals surface area contributed by atoms with Crippen molar-refractivity contribution in [3.05, 3.63) is 63.3 Å². The van der Waals surface area contributed by atoms with Crippen molar-refractivity contribution in [3.8, 4) is 6.07 Å². The lowest BCUT2D eigenvalue weighted by Gasteiger charge is -2.24. The van der Waals surface area contributed by atoms with Gasteiger partial charge in [-0.1, -0.05) is 41.4 Å². The van der Waals surface area contributed by atoms with Crippen LogP contribution < -0.4 is 10.5 Å². The summed E-state index contributed by atoms with van der Waals surface area (Å²) in [7, 11) is 0. The SMILES string of the molecule is N#CC(C(=O)CCCC(=O)Nc1ccccc1N([O-])O)c1c(Cl)cccc1Cl. The number of hydrogen-bond acceptors (Lipinski definition) is 6. The van der Waals surface area contributed by atoms with E-state index in [9.17, 15) is 20.1 Å². The number of nitriles is 1. The molecule has 2 aromatic rings. The van der Waals surface area contributed by atoms with Crippen molar-refractivity contribution in [1.29, 1.82) is 5.26 Å². The van der Waals surface area contributed by atoms with Crippen molar-refractivity contribution < 1.29 is 14.8 Å². The lowest BCUT2D eigenvalue weighted by Crippen LogP contribution is -2.17. The summed E-state index contributed by atoms with van der Waals surface area (Å²) in [5.74, 6) is -1.95. The van der Waals surface area contributed by atoms with E-state index in [1.165, 1.54) is 18.2 Å². The van der Waals surface area contributed by atoms with E-state index in [1.54, 1.807) is 24.3 Å². The van der Waals surface area contributed by atoms with E-state index in [0.717, 1.165) is 0 Å². The van der Waals surface area contributed by atoms with Gasteiger partial charge in [0.15, 0.2) is 5.78 Å². The number of amides is 1. The van der Waals surface area contributed by atoms with Crippen LogP contribution in [0.5, 0.6) is 0 Å². The third-order valence-corrected chi connectivity index (χ3v) is 4.61. The first-order valence-corrected chi connectivity index (χ1v) is 9.02. The molecule has 0 heterocycles. The number of para-hydroxylation sites is 2. The zero-order valence-corrected chi connectivity index (χ0v) is 16.1. The molecule has 0 fully saturated rings. The van der Waals surface area contributed by atoms with Gasteiger partial charge in [-0.25, -0.2) is 0 Å². The summed E-state index contributed by atoms with van der Waals surface area (Å²) in [5.41, 5.74) is 0.300. The van der Waals surface area contributed by atoms with Gasteiger partial charge in [-0.15, -0.1) is 0 Å². The van der Waals surface area contributed by atoms with Gasteiger partial charge in [0.05, 0.1) is 17.4 Å². The monoisotopic (exact) mass is 420 g/mol. The zero-order chi connectivity index (χ0) is 20.7. The predicted molar refractivity (Wildman–Crippen MR) is 106 cm³/mol. The van der Waals surface area contributed by atoms with Gasteiger partial charge in [0.25, 0.3) is 0 Å². The highest BCUT2D eigenvalue weighted by molar-refractivity contribution is 6.36. The van der Waals surface area contributed by atoms with Crippen LogP contribution in [0, 0.1) is 16.5 Å². The Morgan fingerprint density at radius 1 is 1.14 bits per heavy atom. The first kappa shape index (κ1) is 21.7. The Balaban J connectivity index is 1.95. The maximum absolute atomic E-state index is 12.4. The largest absolute Gasteiger partial charge is 0.733 e. The van der Waals surface area contributed by atoms with Crippen LogP contribution in [-0.2, 0) is 9.59 Å². The number of Topliss-reactive ketones (excluding diaryl/α,β-unsaturated/α-hetero) is 1. The quantitative estimate of drug-likeness (QED) is 0.599. The molecule has 2 aromatic carbocycles. The Labute approximate surface area is 171 Å². The first-order valence-electron chi connectivity index (χ1n) is 8.26. The van der Waals surface area contributed by atoms with Gasteiger partial charge < -0.3 is 15.8 Å². The fourth-order valence-electron chi connectivity index (χ4n) is 2.61. The van der Waals surface area contributed by atoms with Gasteiger partial charge in [-0.2, -0.15) is 5.26 Å². The molecule has 0 saturated carbocycles. The topological polar surface area (TPSA) is 116 Å². The van der Waals surface area contributed by atoms with Crippen molar-refractivity contribution in [2.75, 3.05) is 10.5 Å². The molecule has 0 aromatic heterocycles. The number of nitrogens with zero attached hydrogens (tertiary/aromatic N) is 2. The third-order valence-electron chi connectivity index (χ3n) is 3.95. The van der Waals surface area contributed by atoms with Crippen molar-refractivity contribution >= 4 is 46.3 Å². The van der Waals surface area contributed by atoms with Crippen LogP contribution in [0.1, 0.15) is 30.7 Å². The standard InChI is InChI=1S/C19H16Cl2N3O4/c20-13-5-3-6-14(21)19(13)12(11-22)17(25)9-4-10-18(26)23-15-7-1-2-8-16(15)24(27)28/h1-3,5-8,12,27H,4,9-10H2,(H,23,26)/q-1. The van der Waals surface area contributed by atoms with Gasteiger partial charge >= 0.3 is 0 Å². The van der Waals surface area contributed by atoms with Crippen LogP contribution in [0.15, 0.2) is 42.5 Å². The van der Waals surface area contributed by atoms with Gasteiger partial charge in [-0.3, -0.25) is 14.8 Å². The van der Waals surface area contributed by atoms with E-state index in [0.29, 0.717) is 0 Å². The summed E-state index contributed by atoms with van der Waals surface area (Å²) < 4.78 is 0. The number of rotatable bonds is 8. The first-order chi connectivity index (χ1) is 13.3. The molecule has 0 bridgehead atoms. The number of carbonyl (C=O) groups is 2. The van der Waals surface area contributed by atoms with Gasteiger partial charge in [-0.05, 0) is 30.7 Å². The van der Waals surface area contributed by atoms with E-state index in [-0.39, 0.29) is 51.5 Å². The molecule has 0 aliphatic carbocycles. The summed E-state index contributed by atoms with van der Waals surface area (Å²) in [6, 6.07) is 12.6. The van der Waals surface area contributed by atoms with E-state index < -0.39 is 17.6 Å². The highest BCUT2D eigenvalue weighted by Crippen LogP contribution is 2.32. The highest BCUT2D eigenvalue weighted by atomic mass is 35.5. The number of anilines is 2. The minimum Gasteiger partial charge on any atom is -0.733 e. The molecule has 1 unspecified atom stereocenters. The fraction of sp³-hybridized carbons (Fsp3) is 0.211. The Bertz CT molecular complexity index is 892. The molecular weight excluding hydrogens is 405 g/mol. The highest BCUT2D eigenvalue weighted by Gasteiger charge is 2.24. The Kier molecular flexibility index (Phi) is 7.79. The molecule has 0 aliphatic rings. The van der Waals surface area contributed by atoms with Crippen molar-refractivity contribution in [1.82, 2.24) is 0 Å². The van der Waals surface area contributed by atoms with Gasteiger partial charge in [0.2, 0.25) is 5.91 Å². The molecule has 0 aliphatic heterocycles. The molecule has 0 radical (unpaired) electrons. The number of nitrogens with one attached hydrogen (secondary N) is 1. The van der Waals surface area contributed by atoms with Crippen LogP contribution in [-0.4, -0.2) is 16.9 Å². The minimum absolute atomic E-state index is 0.0151. The molecule has 2 rings (SSSR count). The summed E-state index contributed by atoms with van der Waals surface area (Å²) >= 11 is 12.1. The molecule has 146 valence electrons. The maximum atomic E-state index is 12.4. The van der Waals surface area contributed by atoms with E-state index >= 15 is 0 Å². The van der Waals surface area contributed by atoms with Crippen molar-refractivity contribution in [2.24, 2.45) is 0 Å². The number of ketones is 1. The van der Waals surface area contributed by atoms with Crippen LogP contribution in [0.2, 0.25) is 10.0 Å². The normalized spacial score (nSPS) is 11.4. The van der Waals surface area contributed by atoms with E-state index in [1.807, 2.05) is 6.07 Å². The summed E-state index contributed by atoms with van der Waals surface area (Å²) in [5, 5.41) is 32.1. The van der Waals surface area contributed by atoms with E-state index in [2.05, 4.69) is 5.32 Å². The van der Waals surface area contributed by atoms with Crippen LogP contribution in [0.25, 0.3) is 0 Å². The lowest BCUT2D eigenvalue weighted by atomic mass is 9.93. The molecule has 7 nitrogen and oxygen atoms in total. The number of halogens is 2. The maximum Gasteiger partial charge on any atom is 0.224 e. The molecule has 28 heavy (non-hydrogen) atoms. The second-order valence-corrected chi connectivity index (χ2v) is 6.67. The molecule has 1 atom stereocenters. The number of benzene rings is 2.